The van der Waals surface area contributed by atoms with Crippen LogP contribution in [0.2, 0.25) is 0 Å². The molecule has 0 spiro atoms. The van der Waals surface area contributed by atoms with E-state index in [1.54, 1.807) is 35.7 Å². The lowest BCUT2D eigenvalue weighted by atomic mass is 10.1. The largest absolute Gasteiger partial charge is 0.392 e. The van der Waals surface area contributed by atoms with Crippen molar-refractivity contribution >= 4 is 16.7 Å². The van der Waals surface area contributed by atoms with Crippen LogP contribution < -0.4 is 10.6 Å². The average molecular weight is 402 g/mol. The van der Waals surface area contributed by atoms with Crippen LogP contribution in [0.5, 0.6) is 0 Å². The molecule has 0 amide bonds. The van der Waals surface area contributed by atoms with Crippen LogP contribution in [0, 0.1) is 0 Å². The van der Waals surface area contributed by atoms with Crippen LogP contribution >= 0.6 is 0 Å². The van der Waals surface area contributed by atoms with Crippen LogP contribution in [0.3, 0.4) is 0 Å². The Balaban J connectivity index is 1.59. The van der Waals surface area contributed by atoms with E-state index >= 15 is 0 Å². The third kappa shape index (κ3) is 3.38. The topological polar surface area (TPSA) is 119 Å². The Bertz CT molecular complexity index is 1180. The van der Waals surface area contributed by atoms with E-state index in [1.165, 1.54) is 0 Å². The molecule has 5 heterocycles. The van der Waals surface area contributed by atoms with Crippen LogP contribution in [0.4, 0.5) is 5.82 Å². The van der Waals surface area contributed by atoms with Gasteiger partial charge in [-0.2, -0.15) is 5.10 Å². The molecule has 1 aliphatic heterocycles. The van der Waals surface area contributed by atoms with E-state index in [2.05, 4.69) is 25.0 Å². The van der Waals surface area contributed by atoms with Gasteiger partial charge in [-0.05, 0) is 31.0 Å². The van der Waals surface area contributed by atoms with E-state index in [4.69, 9.17) is 10.7 Å². The van der Waals surface area contributed by atoms with Gasteiger partial charge in [0, 0.05) is 48.7 Å². The molecule has 3 N–H and O–H groups in total. The minimum atomic E-state index is -0.0745. The van der Waals surface area contributed by atoms with Crippen molar-refractivity contribution in [3.63, 3.8) is 0 Å². The summed E-state index contributed by atoms with van der Waals surface area (Å²) >= 11 is 0. The lowest BCUT2D eigenvalue weighted by molar-refractivity contribution is 0.281. The molecule has 4 aromatic rings. The maximum atomic E-state index is 9.83. The number of nitrogens with zero attached hydrogens (tertiary/aromatic N) is 7. The highest BCUT2D eigenvalue weighted by molar-refractivity contribution is 5.82. The van der Waals surface area contributed by atoms with Gasteiger partial charge in [0.15, 0.2) is 5.82 Å². The number of hydrogen-bond acceptors (Lipinski definition) is 8. The number of aliphatic hydroxyl groups excluding tert-OH is 1. The quantitative estimate of drug-likeness (QED) is 0.529. The lowest BCUT2D eigenvalue weighted by Gasteiger charge is -2.33. The van der Waals surface area contributed by atoms with Gasteiger partial charge in [-0.25, -0.2) is 9.67 Å². The van der Waals surface area contributed by atoms with E-state index in [0.717, 1.165) is 48.2 Å². The normalized spacial score (nSPS) is 16.9. The zero-order chi connectivity index (χ0) is 20.5. The zero-order valence-corrected chi connectivity index (χ0v) is 16.4. The smallest absolute Gasteiger partial charge is 0.156 e. The fourth-order valence-electron chi connectivity index (χ4n) is 3.86. The van der Waals surface area contributed by atoms with E-state index in [1.807, 2.05) is 18.2 Å². The van der Waals surface area contributed by atoms with Gasteiger partial charge < -0.3 is 15.7 Å². The Labute approximate surface area is 173 Å². The van der Waals surface area contributed by atoms with E-state index in [9.17, 15) is 5.11 Å². The van der Waals surface area contributed by atoms with Crippen LogP contribution in [0.15, 0.2) is 49.2 Å². The van der Waals surface area contributed by atoms with E-state index < -0.39 is 0 Å². The summed E-state index contributed by atoms with van der Waals surface area (Å²) in [6.07, 6.45) is 10.5. The molecule has 0 radical (unpaired) electrons. The van der Waals surface area contributed by atoms with Crippen molar-refractivity contribution in [2.24, 2.45) is 5.73 Å². The monoisotopic (exact) mass is 402 g/mol. The summed E-state index contributed by atoms with van der Waals surface area (Å²) < 4.78 is 1.78. The van der Waals surface area contributed by atoms with Crippen molar-refractivity contribution in [3.05, 3.63) is 54.7 Å². The van der Waals surface area contributed by atoms with Crippen molar-refractivity contribution in [1.29, 1.82) is 0 Å². The molecule has 4 aromatic heterocycles. The number of fused-ring (bicyclic) bond motifs is 1. The second-order valence-electron chi connectivity index (χ2n) is 7.43. The standard InChI is InChI=1S/C21H22N8O/c22-16-2-1-7-28(12-16)21-14(13-30)3-4-20(27-21)29-19-8-17(18-11-23-5-6-24-18)25-9-15(19)10-26-29/h3-6,8-11,16,30H,1-2,7,12-13,22H2/t16-/m0/s1. The molecule has 9 nitrogen and oxygen atoms in total. The predicted molar refractivity (Wildman–Crippen MR) is 113 cm³/mol. The summed E-state index contributed by atoms with van der Waals surface area (Å²) in [7, 11) is 0. The van der Waals surface area contributed by atoms with Crippen LogP contribution in [-0.2, 0) is 6.61 Å². The van der Waals surface area contributed by atoms with Gasteiger partial charge in [0.1, 0.15) is 11.5 Å². The molecule has 1 aliphatic rings. The molecule has 30 heavy (non-hydrogen) atoms. The average Bonchev–Trinajstić information content (AvgIpc) is 3.22. The molecule has 1 atom stereocenters. The summed E-state index contributed by atoms with van der Waals surface area (Å²) in [6.45, 7) is 1.52. The van der Waals surface area contributed by atoms with E-state index in [0.29, 0.717) is 17.2 Å². The van der Waals surface area contributed by atoms with Crippen molar-refractivity contribution in [1.82, 2.24) is 29.7 Å². The first-order valence-electron chi connectivity index (χ1n) is 9.95. The number of aliphatic hydroxyl groups is 1. The summed E-state index contributed by atoms with van der Waals surface area (Å²) in [6, 6.07) is 5.82. The molecule has 5 rings (SSSR count). The number of nitrogens with two attached hydrogens (primary N) is 1. The van der Waals surface area contributed by atoms with Crippen molar-refractivity contribution in [2.45, 2.75) is 25.5 Å². The highest BCUT2D eigenvalue weighted by Crippen LogP contribution is 2.26. The van der Waals surface area contributed by atoms with Gasteiger partial charge in [-0.1, -0.05) is 0 Å². The van der Waals surface area contributed by atoms with E-state index in [-0.39, 0.29) is 12.6 Å². The third-order valence-corrected chi connectivity index (χ3v) is 5.36. The zero-order valence-electron chi connectivity index (χ0n) is 16.4. The van der Waals surface area contributed by atoms with Crippen molar-refractivity contribution < 1.29 is 5.11 Å². The lowest BCUT2D eigenvalue weighted by Crippen LogP contribution is -2.43. The molecule has 9 heteroatoms. The molecule has 1 fully saturated rings. The summed E-state index contributed by atoms with van der Waals surface area (Å²) in [4.78, 5) is 19.9. The minimum absolute atomic E-state index is 0.0745. The number of pyridine rings is 2. The number of rotatable bonds is 4. The minimum Gasteiger partial charge on any atom is -0.392 e. The van der Waals surface area contributed by atoms with Crippen LogP contribution in [0.25, 0.3) is 28.1 Å². The van der Waals surface area contributed by atoms with Gasteiger partial charge in [0.2, 0.25) is 0 Å². The van der Waals surface area contributed by atoms with Gasteiger partial charge >= 0.3 is 0 Å². The van der Waals surface area contributed by atoms with Gasteiger partial charge in [-0.3, -0.25) is 15.0 Å². The van der Waals surface area contributed by atoms with Gasteiger partial charge in [0.05, 0.1) is 30.2 Å². The molecule has 0 unspecified atom stereocenters. The predicted octanol–water partition coefficient (Wildman–Crippen LogP) is 1.69. The maximum Gasteiger partial charge on any atom is 0.156 e. The molecule has 0 aliphatic carbocycles. The first-order valence-corrected chi connectivity index (χ1v) is 9.95. The van der Waals surface area contributed by atoms with Crippen molar-refractivity contribution in [3.8, 4) is 17.2 Å². The number of anilines is 1. The fourth-order valence-corrected chi connectivity index (χ4v) is 3.86. The highest BCUT2D eigenvalue weighted by atomic mass is 16.3. The Morgan fingerprint density at radius 3 is 2.83 bits per heavy atom. The van der Waals surface area contributed by atoms with Crippen LogP contribution in [-0.4, -0.2) is 54.0 Å². The number of hydrogen-bond donors (Lipinski definition) is 2. The molecular formula is C21H22N8O. The first-order chi connectivity index (χ1) is 14.7. The SMILES string of the molecule is N[C@H]1CCCN(c2nc(-n3ncc4cnc(-c5cnccn5)cc43)ccc2CO)C1. The molecule has 0 saturated carbocycles. The number of aromatic nitrogens is 6. The Kier molecular flexibility index (Phi) is 4.82. The third-order valence-electron chi connectivity index (χ3n) is 5.36. The second-order valence-corrected chi connectivity index (χ2v) is 7.43. The van der Waals surface area contributed by atoms with Crippen LogP contribution in [0.1, 0.15) is 18.4 Å². The Hall–Kier alpha value is -3.43. The Morgan fingerprint density at radius 1 is 1.10 bits per heavy atom. The fraction of sp³-hybridized carbons (Fsp3) is 0.286. The second kappa shape index (κ2) is 7.77. The van der Waals surface area contributed by atoms with Gasteiger partial charge in [0.25, 0.3) is 0 Å². The molecule has 152 valence electrons. The maximum absolute atomic E-state index is 9.83. The molecule has 1 saturated heterocycles. The van der Waals surface area contributed by atoms with Gasteiger partial charge in [-0.15, -0.1) is 0 Å². The molecule has 0 aromatic carbocycles. The summed E-state index contributed by atoms with van der Waals surface area (Å²) in [5.41, 5.74) is 9.23. The highest BCUT2D eigenvalue weighted by Gasteiger charge is 2.21. The number of piperidine rings is 1. The first kappa shape index (κ1) is 18.6. The Morgan fingerprint density at radius 2 is 2.03 bits per heavy atom. The molecule has 0 bridgehead atoms. The summed E-state index contributed by atoms with van der Waals surface area (Å²) in [5.74, 6) is 1.43. The molecular weight excluding hydrogens is 380 g/mol. The van der Waals surface area contributed by atoms with Crippen molar-refractivity contribution in [2.75, 3.05) is 18.0 Å². The summed E-state index contributed by atoms with van der Waals surface area (Å²) in [5, 5.41) is 15.3.